The largest absolute Gasteiger partial charge is 0.378 e. The van der Waals surface area contributed by atoms with Crippen LogP contribution in [0.5, 0.6) is 0 Å². The van der Waals surface area contributed by atoms with Crippen LogP contribution in [0.4, 0.5) is 0 Å². The van der Waals surface area contributed by atoms with Crippen LogP contribution in [-0.2, 0) is 4.74 Å². The standard InChI is InChI=1S/C17H26ClN3O/c1-12(18)9-15(14-5-6-14)20-13(2)10-16(19-3)17-11-22-8-7-21(17)4/h9-10,14,17H,5-8,11H2,1-4H3/b12-9+,13-10+,19-16?,20-15-. The number of halogens is 1. The van der Waals surface area contributed by atoms with E-state index in [4.69, 9.17) is 21.3 Å². The van der Waals surface area contributed by atoms with E-state index >= 15 is 0 Å². The second kappa shape index (κ2) is 8.04. The van der Waals surface area contributed by atoms with E-state index in [9.17, 15) is 0 Å². The van der Waals surface area contributed by atoms with Gasteiger partial charge in [-0.3, -0.25) is 14.9 Å². The molecule has 0 N–H and O–H groups in total. The number of allylic oxidation sites excluding steroid dienone is 3. The summed E-state index contributed by atoms with van der Waals surface area (Å²) in [6.45, 7) is 6.32. The van der Waals surface area contributed by atoms with Crippen LogP contribution < -0.4 is 0 Å². The molecule has 22 heavy (non-hydrogen) atoms. The van der Waals surface area contributed by atoms with Crippen LogP contribution in [0.3, 0.4) is 0 Å². The number of hydrogen-bond donors (Lipinski definition) is 0. The van der Waals surface area contributed by atoms with Crippen LogP contribution in [0.15, 0.2) is 32.9 Å². The van der Waals surface area contributed by atoms with Crippen molar-refractivity contribution in [2.75, 3.05) is 33.9 Å². The molecule has 1 saturated heterocycles. The Morgan fingerprint density at radius 3 is 2.50 bits per heavy atom. The Morgan fingerprint density at radius 1 is 1.23 bits per heavy atom. The molecule has 0 amide bonds. The molecule has 0 aromatic carbocycles. The highest BCUT2D eigenvalue weighted by Gasteiger charge is 2.27. The average molecular weight is 324 g/mol. The third kappa shape index (κ3) is 5.04. The number of morpholine rings is 1. The summed E-state index contributed by atoms with van der Waals surface area (Å²) in [5, 5.41) is 0.781. The van der Waals surface area contributed by atoms with Crippen LogP contribution in [0, 0.1) is 5.92 Å². The van der Waals surface area contributed by atoms with E-state index in [1.54, 1.807) is 0 Å². The van der Waals surface area contributed by atoms with E-state index in [2.05, 4.69) is 23.0 Å². The Hall–Kier alpha value is -0.970. The molecule has 2 aliphatic rings. The maximum atomic E-state index is 6.02. The van der Waals surface area contributed by atoms with Crippen molar-refractivity contribution >= 4 is 23.0 Å². The van der Waals surface area contributed by atoms with E-state index in [0.29, 0.717) is 12.5 Å². The van der Waals surface area contributed by atoms with Crippen molar-refractivity contribution in [2.45, 2.75) is 32.7 Å². The van der Waals surface area contributed by atoms with Gasteiger partial charge >= 0.3 is 0 Å². The van der Waals surface area contributed by atoms with Gasteiger partial charge in [-0.05, 0) is 45.9 Å². The Kier molecular flexibility index (Phi) is 6.36. The van der Waals surface area contributed by atoms with Gasteiger partial charge in [-0.2, -0.15) is 0 Å². The second-order valence-electron chi connectivity index (χ2n) is 6.05. The fourth-order valence-corrected chi connectivity index (χ4v) is 2.69. The normalized spacial score (nSPS) is 26.5. The minimum absolute atomic E-state index is 0.207. The van der Waals surface area contributed by atoms with Gasteiger partial charge in [0.25, 0.3) is 0 Å². The lowest BCUT2D eigenvalue weighted by Gasteiger charge is -2.32. The minimum Gasteiger partial charge on any atom is -0.378 e. The molecule has 4 nitrogen and oxygen atoms in total. The molecule has 0 aromatic heterocycles. The highest BCUT2D eigenvalue weighted by atomic mass is 35.5. The van der Waals surface area contributed by atoms with Gasteiger partial charge in [0.15, 0.2) is 0 Å². The first kappa shape index (κ1) is 17.4. The smallest absolute Gasteiger partial charge is 0.0752 e. The van der Waals surface area contributed by atoms with E-state index in [0.717, 1.165) is 35.3 Å². The third-order valence-electron chi connectivity index (χ3n) is 4.00. The first-order chi connectivity index (χ1) is 10.5. The first-order valence-electron chi connectivity index (χ1n) is 7.86. The fourth-order valence-electron chi connectivity index (χ4n) is 2.58. The monoisotopic (exact) mass is 323 g/mol. The second-order valence-corrected chi connectivity index (χ2v) is 6.64. The predicted octanol–water partition coefficient (Wildman–Crippen LogP) is 3.29. The van der Waals surface area contributed by atoms with Crippen molar-refractivity contribution < 1.29 is 4.74 Å². The number of aliphatic imine (C=N–C) groups is 2. The molecule has 1 heterocycles. The van der Waals surface area contributed by atoms with Gasteiger partial charge in [0.1, 0.15) is 0 Å². The molecule has 1 aliphatic carbocycles. The summed E-state index contributed by atoms with van der Waals surface area (Å²) in [5.41, 5.74) is 3.07. The zero-order chi connectivity index (χ0) is 16.1. The molecule has 5 heteroatoms. The fraction of sp³-hybridized carbons (Fsp3) is 0.647. The average Bonchev–Trinajstić information content (AvgIpc) is 3.29. The van der Waals surface area contributed by atoms with E-state index < -0.39 is 0 Å². The molecule has 2 fully saturated rings. The first-order valence-corrected chi connectivity index (χ1v) is 8.24. The minimum atomic E-state index is 0.207. The van der Waals surface area contributed by atoms with Gasteiger partial charge in [0.2, 0.25) is 0 Å². The SMILES string of the molecule is CN=C(/C=C(C)/N=C(/C=C(\C)Cl)C1CC1)C1COCCN1C. The summed E-state index contributed by atoms with van der Waals surface area (Å²) in [6, 6.07) is 0.207. The summed E-state index contributed by atoms with van der Waals surface area (Å²) in [6.07, 6.45) is 6.46. The molecule has 0 spiro atoms. The molecule has 122 valence electrons. The van der Waals surface area contributed by atoms with Crippen molar-refractivity contribution in [3.63, 3.8) is 0 Å². The summed E-state index contributed by atoms with van der Waals surface area (Å²) < 4.78 is 5.58. The molecular formula is C17H26ClN3O. The lowest BCUT2D eigenvalue weighted by atomic mass is 10.1. The number of likely N-dealkylation sites (N-methyl/N-ethyl adjacent to an activating group) is 1. The van der Waals surface area contributed by atoms with E-state index in [1.165, 1.54) is 12.8 Å². The molecule has 1 unspecified atom stereocenters. The van der Waals surface area contributed by atoms with E-state index in [-0.39, 0.29) is 6.04 Å². The van der Waals surface area contributed by atoms with Crippen molar-refractivity contribution in [1.29, 1.82) is 0 Å². The third-order valence-corrected chi connectivity index (χ3v) is 4.11. The van der Waals surface area contributed by atoms with Crippen LogP contribution >= 0.6 is 11.6 Å². The molecule has 0 bridgehead atoms. The molecule has 0 aromatic rings. The maximum absolute atomic E-state index is 6.02. The van der Waals surface area contributed by atoms with Crippen molar-refractivity contribution in [2.24, 2.45) is 15.9 Å². The van der Waals surface area contributed by atoms with Crippen molar-refractivity contribution in [1.82, 2.24) is 4.90 Å². The molecule has 1 atom stereocenters. The van der Waals surface area contributed by atoms with Crippen molar-refractivity contribution in [3.8, 4) is 0 Å². The highest BCUT2D eigenvalue weighted by Crippen LogP contribution is 2.32. The number of rotatable bonds is 5. The number of nitrogens with zero attached hydrogens (tertiary/aromatic N) is 3. The van der Waals surface area contributed by atoms with Crippen LogP contribution in [-0.4, -0.2) is 56.2 Å². The predicted molar refractivity (Wildman–Crippen MR) is 94.1 cm³/mol. The van der Waals surface area contributed by atoms with Crippen LogP contribution in [0.25, 0.3) is 0 Å². The zero-order valence-electron chi connectivity index (χ0n) is 14.0. The van der Waals surface area contributed by atoms with Gasteiger partial charge in [0.05, 0.1) is 25.0 Å². The Morgan fingerprint density at radius 2 is 1.95 bits per heavy atom. The lowest BCUT2D eigenvalue weighted by Crippen LogP contribution is -2.47. The molecule has 1 saturated carbocycles. The quantitative estimate of drug-likeness (QED) is 0.728. The summed E-state index contributed by atoms with van der Waals surface area (Å²) in [5.74, 6) is 0.569. The highest BCUT2D eigenvalue weighted by molar-refractivity contribution is 6.31. The van der Waals surface area contributed by atoms with Gasteiger partial charge in [-0.15, -0.1) is 0 Å². The van der Waals surface area contributed by atoms with Gasteiger partial charge < -0.3 is 4.74 Å². The zero-order valence-corrected chi connectivity index (χ0v) is 14.7. The maximum Gasteiger partial charge on any atom is 0.0752 e. The Balaban J connectivity index is 2.16. The van der Waals surface area contributed by atoms with Gasteiger partial charge in [-0.25, -0.2) is 0 Å². The molecule has 0 radical (unpaired) electrons. The van der Waals surface area contributed by atoms with Gasteiger partial charge in [-0.1, -0.05) is 11.6 Å². The van der Waals surface area contributed by atoms with Crippen LogP contribution in [0.2, 0.25) is 0 Å². The van der Waals surface area contributed by atoms with Crippen LogP contribution in [0.1, 0.15) is 26.7 Å². The topological polar surface area (TPSA) is 37.2 Å². The Labute approximate surface area is 138 Å². The molecule has 2 rings (SSSR count). The Bertz CT molecular complexity index is 514. The molecule has 1 aliphatic heterocycles. The summed E-state index contributed by atoms with van der Waals surface area (Å²) >= 11 is 6.02. The van der Waals surface area contributed by atoms with Crippen molar-refractivity contribution in [3.05, 3.63) is 22.9 Å². The summed E-state index contributed by atoms with van der Waals surface area (Å²) in [4.78, 5) is 11.5. The van der Waals surface area contributed by atoms with Gasteiger partial charge in [0, 0.05) is 36.0 Å². The summed E-state index contributed by atoms with van der Waals surface area (Å²) in [7, 11) is 3.94. The van der Waals surface area contributed by atoms with E-state index in [1.807, 2.05) is 27.0 Å². The number of ether oxygens (including phenoxy) is 1. The lowest BCUT2D eigenvalue weighted by molar-refractivity contribution is 0.0303. The number of hydrogen-bond acceptors (Lipinski definition) is 4. The molecular weight excluding hydrogens is 298 g/mol.